The average Bonchev–Trinajstić information content (AvgIpc) is 4.06. The van der Waals surface area contributed by atoms with Crippen LogP contribution in [0.3, 0.4) is 0 Å². The highest BCUT2D eigenvalue weighted by atomic mass is 16.3. The standard InChI is InChI=1S/C60H37NO3/c1-3-13-38(14-4-1)39-25-31-43(32-26-39)61(44-33-27-40(28-34-44)46-19-11-21-49-48-17-7-9-23-53(48)63-58(46)49)45-35-29-41(30-36-45)47-20-12-22-50-52-37-55-57(51-18-8-10-24-54(51)62-55)56(60(52)64-59(47)50)42-15-5-2-6-16-42/h1-37H. The van der Waals surface area contributed by atoms with Crippen LogP contribution in [0.15, 0.2) is 238 Å². The molecule has 3 heterocycles. The molecule has 0 fully saturated rings. The molecule has 0 unspecified atom stereocenters. The summed E-state index contributed by atoms with van der Waals surface area (Å²) in [6, 6.07) is 78.9. The van der Waals surface area contributed by atoms with Crippen molar-refractivity contribution in [2.45, 2.75) is 0 Å². The van der Waals surface area contributed by atoms with E-state index < -0.39 is 0 Å². The molecule has 0 saturated carbocycles. The topological polar surface area (TPSA) is 42.7 Å². The summed E-state index contributed by atoms with van der Waals surface area (Å²) in [7, 11) is 0. The second-order valence-electron chi connectivity index (χ2n) is 16.4. The molecular formula is C60H37NO3. The fourth-order valence-electron chi connectivity index (χ4n) is 9.68. The number of para-hydroxylation sites is 4. The second-order valence-corrected chi connectivity index (χ2v) is 16.4. The maximum absolute atomic E-state index is 7.05. The van der Waals surface area contributed by atoms with Crippen LogP contribution in [0, 0.1) is 0 Å². The SMILES string of the molecule is c1ccc(-c2ccc(N(c3ccc(-c4cccc5c4oc4ccccc45)cc3)c3ccc(-c4cccc5c4oc4c(-c6ccccc6)c6c(cc45)oc4ccccc46)cc3)cc2)cc1. The van der Waals surface area contributed by atoms with Crippen LogP contribution < -0.4 is 4.90 Å². The van der Waals surface area contributed by atoms with Crippen LogP contribution in [0.1, 0.15) is 0 Å². The second kappa shape index (κ2) is 14.5. The molecule has 0 aliphatic heterocycles. The molecule has 13 rings (SSSR count). The Morgan fingerprint density at radius 2 is 0.719 bits per heavy atom. The van der Waals surface area contributed by atoms with Gasteiger partial charge in [0.05, 0.1) is 0 Å². The van der Waals surface area contributed by atoms with Crippen molar-refractivity contribution in [1.82, 2.24) is 0 Å². The molecule has 3 aromatic heterocycles. The first-order valence-electron chi connectivity index (χ1n) is 21.7. The van der Waals surface area contributed by atoms with Crippen molar-refractivity contribution in [2.24, 2.45) is 0 Å². The Labute approximate surface area is 368 Å². The highest BCUT2D eigenvalue weighted by molar-refractivity contribution is 6.24. The Morgan fingerprint density at radius 3 is 1.33 bits per heavy atom. The van der Waals surface area contributed by atoms with Gasteiger partial charge in [0.25, 0.3) is 0 Å². The fraction of sp³-hybridized carbons (Fsp3) is 0. The minimum absolute atomic E-state index is 0.849. The molecule has 300 valence electrons. The molecule has 4 nitrogen and oxygen atoms in total. The van der Waals surface area contributed by atoms with Crippen molar-refractivity contribution in [1.29, 1.82) is 0 Å². The third kappa shape index (κ3) is 5.77. The lowest BCUT2D eigenvalue weighted by molar-refractivity contribution is 0.665. The zero-order valence-electron chi connectivity index (χ0n) is 34.5. The number of hydrogen-bond acceptors (Lipinski definition) is 4. The summed E-state index contributed by atoms with van der Waals surface area (Å²) in [5.41, 5.74) is 17.1. The number of rotatable bonds is 7. The molecule has 0 aliphatic carbocycles. The van der Waals surface area contributed by atoms with E-state index in [1.165, 1.54) is 11.1 Å². The highest BCUT2D eigenvalue weighted by Crippen LogP contribution is 2.47. The monoisotopic (exact) mass is 819 g/mol. The Hall–Kier alpha value is -8.60. The average molecular weight is 820 g/mol. The summed E-state index contributed by atoms with van der Waals surface area (Å²) in [6.45, 7) is 0. The predicted molar refractivity (Wildman–Crippen MR) is 265 cm³/mol. The predicted octanol–water partition coefficient (Wildman–Crippen LogP) is 17.5. The number of furan rings is 3. The molecule has 0 aliphatic rings. The van der Waals surface area contributed by atoms with E-state index in [-0.39, 0.29) is 0 Å². The Balaban J connectivity index is 0.923. The molecule has 64 heavy (non-hydrogen) atoms. The molecular weight excluding hydrogens is 783 g/mol. The van der Waals surface area contributed by atoms with Gasteiger partial charge in [0.2, 0.25) is 0 Å². The van der Waals surface area contributed by atoms with E-state index in [9.17, 15) is 0 Å². The molecule has 0 N–H and O–H groups in total. The number of hydrogen-bond donors (Lipinski definition) is 0. The zero-order chi connectivity index (χ0) is 42.1. The minimum Gasteiger partial charge on any atom is -0.456 e. The Bertz CT molecular complexity index is 3860. The van der Waals surface area contributed by atoms with E-state index in [0.29, 0.717) is 0 Å². The van der Waals surface area contributed by atoms with Crippen LogP contribution in [0.25, 0.3) is 110 Å². The van der Waals surface area contributed by atoms with Crippen LogP contribution in [-0.2, 0) is 0 Å². The van der Waals surface area contributed by atoms with Crippen molar-refractivity contribution in [3.63, 3.8) is 0 Å². The maximum atomic E-state index is 7.05. The number of fused-ring (bicyclic) bond motifs is 9. The first-order chi connectivity index (χ1) is 31.7. The van der Waals surface area contributed by atoms with Gasteiger partial charge in [0.15, 0.2) is 0 Å². The molecule has 0 atom stereocenters. The maximum Gasteiger partial charge on any atom is 0.144 e. The van der Waals surface area contributed by atoms with E-state index in [0.717, 1.165) is 116 Å². The molecule has 0 radical (unpaired) electrons. The minimum atomic E-state index is 0.849. The van der Waals surface area contributed by atoms with Crippen molar-refractivity contribution in [3.05, 3.63) is 224 Å². The van der Waals surface area contributed by atoms with Crippen molar-refractivity contribution >= 4 is 82.9 Å². The van der Waals surface area contributed by atoms with Gasteiger partial charge in [-0.3, -0.25) is 0 Å². The number of nitrogens with zero attached hydrogens (tertiary/aromatic N) is 1. The van der Waals surface area contributed by atoms with E-state index in [2.05, 4.69) is 205 Å². The molecule has 0 amide bonds. The van der Waals surface area contributed by atoms with Crippen LogP contribution in [0.2, 0.25) is 0 Å². The van der Waals surface area contributed by atoms with Crippen LogP contribution in [0.5, 0.6) is 0 Å². The van der Waals surface area contributed by atoms with E-state index in [1.54, 1.807) is 0 Å². The third-order valence-corrected chi connectivity index (χ3v) is 12.7. The molecule has 10 aromatic carbocycles. The largest absolute Gasteiger partial charge is 0.456 e. The van der Waals surface area contributed by atoms with Gasteiger partial charge in [-0.2, -0.15) is 0 Å². The van der Waals surface area contributed by atoms with Crippen LogP contribution in [-0.4, -0.2) is 0 Å². The summed E-state index contributed by atoms with van der Waals surface area (Å²) in [5, 5.41) is 6.47. The smallest absolute Gasteiger partial charge is 0.144 e. The zero-order valence-corrected chi connectivity index (χ0v) is 34.5. The van der Waals surface area contributed by atoms with E-state index in [1.807, 2.05) is 24.3 Å². The lowest BCUT2D eigenvalue weighted by atomic mass is 9.96. The van der Waals surface area contributed by atoms with Gasteiger partial charge in [0.1, 0.15) is 33.5 Å². The van der Waals surface area contributed by atoms with Crippen molar-refractivity contribution in [2.75, 3.05) is 4.90 Å². The quantitative estimate of drug-likeness (QED) is 0.161. The summed E-state index contributed by atoms with van der Waals surface area (Å²) >= 11 is 0. The highest BCUT2D eigenvalue weighted by Gasteiger charge is 2.23. The Morgan fingerprint density at radius 1 is 0.266 bits per heavy atom. The summed E-state index contributed by atoms with van der Waals surface area (Å²) in [6.07, 6.45) is 0. The first-order valence-corrected chi connectivity index (χ1v) is 21.7. The van der Waals surface area contributed by atoms with Gasteiger partial charge < -0.3 is 18.2 Å². The summed E-state index contributed by atoms with van der Waals surface area (Å²) in [5.74, 6) is 0. The van der Waals surface area contributed by atoms with E-state index in [4.69, 9.17) is 13.3 Å². The van der Waals surface area contributed by atoms with Crippen molar-refractivity contribution < 1.29 is 13.3 Å². The molecule has 13 aromatic rings. The summed E-state index contributed by atoms with van der Waals surface area (Å²) < 4.78 is 20.0. The molecule has 0 bridgehead atoms. The van der Waals surface area contributed by atoms with Crippen LogP contribution >= 0.6 is 0 Å². The van der Waals surface area contributed by atoms with Gasteiger partial charge >= 0.3 is 0 Å². The molecule has 0 spiro atoms. The normalized spacial score (nSPS) is 11.8. The fourth-order valence-corrected chi connectivity index (χ4v) is 9.68. The third-order valence-electron chi connectivity index (χ3n) is 12.7. The first kappa shape index (κ1) is 36.1. The number of anilines is 3. The molecule has 4 heteroatoms. The van der Waals surface area contributed by atoms with E-state index >= 15 is 0 Å². The molecule has 0 saturated heterocycles. The van der Waals surface area contributed by atoms with Gasteiger partial charge in [0, 0.05) is 66.1 Å². The van der Waals surface area contributed by atoms with Gasteiger partial charge in [-0.15, -0.1) is 0 Å². The van der Waals surface area contributed by atoms with Crippen molar-refractivity contribution in [3.8, 4) is 44.5 Å². The lowest BCUT2D eigenvalue weighted by Crippen LogP contribution is -2.09. The van der Waals surface area contributed by atoms with Gasteiger partial charge in [-0.25, -0.2) is 0 Å². The number of benzene rings is 10. The van der Waals surface area contributed by atoms with Gasteiger partial charge in [-0.1, -0.05) is 170 Å². The Kier molecular flexibility index (Phi) is 8.18. The van der Waals surface area contributed by atoms with Gasteiger partial charge in [-0.05, 0) is 82.4 Å². The lowest BCUT2D eigenvalue weighted by Gasteiger charge is -2.26. The van der Waals surface area contributed by atoms with Crippen LogP contribution in [0.4, 0.5) is 17.1 Å². The summed E-state index contributed by atoms with van der Waals surface area (Å²) in [4.78, 5) is 2.32.